The van der Waals surface area contributed by atoms with Gasteiger partial charge in [-0.1, -0.05) is 19.1 Å². The first kappa shape index (κ1) is 12.0. The summed E-state index contributed by atoms with van der Waals surface area (Å²) in [6, 6.07) is 7.35. The highest BCUT2D eigenvalue weighted by Gasteiger charge is 2.05. The highest BCUT2D eigenvalue weighted by Crippen LogP contribution is 2.12. The molecule has 2 aromatic rings. The fourth-order valence-corrected chi connectivity index (χ4v) is 1.55. The number of rotatable bonds is 4. The number of aryl methyl sites for hydroxylation is 1. The molecule has 1 heterocycles. The van der Waals surface area contributed by atoms with Gasteiger partial charge < -0.3 is 5.11 Å². The molecule has 6 nitrogen and oxygen atoms in total. The molecule has 2 rings (SSSR count). The highest BCUT2D eigenvalue weighted by molar-refractivity contribution is 5.85. The van der Waals surface area contributed by atoms with Crippen molar-refractivity contribution in [3.05, 3.63) is 41.7 Å². The van der Waals surface area contributed by atoms with Gasteiger partial charge in [-0.3, -0.25) is 0 Å². The third kappa shape index (κ3) is 2.60. The molecule has 0 amide bonds. The SMILES string of the molecule is CCc1nnnn1-c1cccc(/C=C/C(=O)O)c1. The van der Waals surface area contributed by atoms with Gasteiger partial charge in [-0.15, -0.1) is 5.10 Å². The molecule has 0 aliphatic rings. The van der Waals surface area contributed by atoms with E-state index in [4.69, 9.17) is 5.11 Å². The first-order valence-electron chi connectivity index (χ1n) is 5.49. The quantitative estimate of drug-likeness (QED) is 0.820. The summed E-state index contributed by atoms with van der Waals surface area (Å²) in [5.41, 5.74) is 1.59. The lowest BCUT2D eigenvalue weighted by atomic mass is 10.2. The van der Waals surface area contributed by atoms with E-state index in [1.54, 1.807) is 4.68 Å². The minimum Gasteiger partial charge on any atom is -0.478 e. The average Bonchev–Trinajstić information content (AvgIpc) is 2.85. The van der Waals surface area contributed by atoms with E-state index >= 15 is 0 Å². The molecule has 0 atom stereocenters. The van der Waals surface area contributed by atoms with Crippen molar-refractivity contribution >= 4 is 12.0 Å². The van der Waals surface area contributed by atoms with Gasteiger partial charge in [0, 0.05) is 12.5 Å². The molecule has 0 saturated heterocycles. The molecule has 0 fully saturated rings. The topological polar surface area (TPSA) is 80.9 Å². The average molecular weight is 244 g/mol. The maximum atomic E-state index is 10.5. The Morgan fingerprint density at radius 2 is 2.33 bits per heavy atom. The Morgan fingerprint density at radius 1 is 1.50 bits per heavy atom. The highest BCUT2D eigenvalue weighted by atomic mass is 16.4. The molecule has 0 aliphatic carbocycles. The molecule has 0 bridgehead atoms. The van der Waals surface area contributed by atoms with Gasteiger partial charge in [-0.25, -0.2) is 4.79 Å². The summed E-state index contributed by atoms with van der Waals surface area (Å²) in [6.07, 6.45) is 3.35. The van der Waals surface area contributed by atoms with Gasteiger partial charge in [-0.05, 0) is 34.2 Å². The van der Waals surface area contributed by atoms with Crippen LogP contribution in [0.4, 0.5) is 0 Å². The van der Waals surface area contributed by atoms with E-state index in [2.05, 4.69) is 15.5 Å². The van der Waals surface area contributed by atoms with Gasteiger partial charge in [0.25, 0.3) is 0 Å². The van der Waals surface area contributed by atoms with E-state index in [0.717, 1.165) is 29.6 Å². The van der Waals surface area contributed by atoms with Crippen LogP contribution in [0.15, 0.2) is 30.3 Å². The first-order valence-corrected chi connectivity index (χ1v) is 5.49. The van der Waals surface area contributed by atoms with E-state index in [-0.39, 0.29) is 0 Å². The van der Waals surface area contributed by atoms with Crippen molar-refractivity contribution in [3.8, 4) is 5.69 Å². The standard InChI is InChI=1S/C12H12N4O2/c1-2-11-13-14-15-16(11)10-5-3-4-9(8-10)6-7-12(17)18/h3-8H,2H2,1H3,(H,17,18)/b7-6+. The zero-order chi connectivity index (χ0) is 13.0. The second-order valence-electron chi connectivity index (χ2n) is 3.63. The van der Waals surface area contributed by atoms with Crippen LogP contribution in [0.2, 0.25) is 0 Å². The summed E-state index contributed by atoms with van der Waals surface area (Å²) in [6.45, 7) is 1.97. The molecule has 1 aromatic heterocycles. The summed E-state index contributed by atoms with van der Waals surface area (Å²) >= 11 is 0. The van der Waals surface area contributed by atoms with Crippen LogP contribution in [0.5, 0.6) is 0 Å². The third-order valence-corrected chi connectivity index (χ3v) is 2.38. The van der Waals surface area contributed by atoms with E-state index in [1.807, 2.05) is 31.2 Å². The van der Waals surface area contributed by atoms with E-state index in [0.29, 0.717) is 0 Å². The molecule has 0 saturated carbocycles. The lowest BCUT2D eigenvalue weighted by Crippen LogP contribution is -2.02. The zero-order valence-corrected chi connectivity index (χ0v) is 9.82. The number of tetrazole rings is 1. The Balaban J connectivity index is 2.35. The van der Waals surface area contributed by atoms with Crippen molar-refractivity contribution in [3.63, 3.8) is 0 Å². The predicted octanol–water partition coefficient (Wildman–Crippen LogP) is 1.32. The Labute approximate surface area is 104 Å². The second-order valence-corrected chi connectivity index (χ2v) is 3.63. The van der Waals surface area contributed by atoms with Crippen LogP contribution in [-0.2, 0) is 11.2 Å². The number of carboxylic acids is 1. The van der Waals surface area contributed by atoms with Gasteiger partial charge in [0.1, 0.15) is 0 Å². The maximum absolute atomic E-state index is 10.5. The van der Waals surface area contributed by atoms with Crippen LogP contribution >= 0.6 is 0 Å². The number of aliphatic carboxylic acids is 1. The molecule has 0 spiro atoms. The van der Waals surface area contributed by atoms with E-state index in [9.17, 15) is 4.79 Å². The molecule has 0 aliphatic heterocycles. The van der Waals surface area contributed by atoms with E-state index < -0.39 is 5.97 Å². The van der Waals surface area contributed by atoms with Crippen molar-refractivity contribution in [2.75, 3.05) is 0 Å². The van der Waals surface area contributed by atoms with Crippen LogP contribution in [0.3, 0.4) is 0 Å². The first-order chi connectivity index (χ1) is 8.70. The van der Waals surface area contributed by atoms with Crippen LogP contribution in [0.1, 0.15) is 18.3 Å². The van der Waals surface area contributed by atoms with Gasteiger partial charge in [0.15, 0.2) is 5.82 Å². The fourth-order valence-electron chi connectivity index (χ4n) is 1.55. The Morgan fingerprint density at radius 3 is 3.06 bits per heavy atom. The number of hydrogen-bond donors (Lipinski definition) is 1. The molecule has 92 valence electrons. The van der Waals surface area contributed by atoms with Crippen molar-refractivity contribution in [2.24, 2.45) is 0 Å². The van der Waals surface area contributed by atoms with Gasteiger partial charge in [0.05, 0.1) is 5.69 Å². The van der Waals surface area contributed by atoms with Crippen LogP contribution < -0.4 is 0 Å². The zero-order valence-electron chi connectivity index (χ0n) is 9.82. The minimum atomic E-state index is -0.975. The largest absolute Gasteiger partial charge is 0.478 e. The van der Waals surface area contributed by atoms with E-state index in [1.165, 1.54) is 6.08 Å². The molecule has 0 unspecified atom stereocenters. The van der Waals surface area contributed by atoms with Crippen molar-refractivity contribution < 1.29 is 9.90 Å². The van der Waals surface area contributed by atoms with Crippen LogP contribution in [-0.4, -0.2) is 31.3 Å². The number of hydrogen-bond acceptors (Lipinski definition) is 4. The number of carboxylic acid groups (broad SMARTS) is 1. The van der Waals surface area contributed by atoms with Gasteiger partial charge in [-0.2, -0.15) is 4.68 Å². The van der Waals surface area contributed by atoms with Gasteiger partial charge >= 0.3 is 5.97 Å². The Kier molecular flexibility index (Phi) is 3.47. The summed E-state index contributed by atoms with van der Waals surface area (Å²) in [5.74, 6) is -0.216. The summed E-state index contributed by atoms with van der Waals surface area (Å²) in [5, 5.41) is 20.0. The number of aromatic nitrogens is 4. The summed E-state index contributed by atoms with van der Waals surface area (Å²) in [7, 11) is 0. The third-order valence-electron chi connectivity index (χ3n) is 2.38. The molecule has 1 aromatic carbocycles. The smallest absolute Gasteiger partial charge is 0.328 e. The molecule has 6 heteroatoms. The monoisotopic (exact) mass is 244 g/mol. The maximum Gasteiger partial charge on any atom is 0.328 e. The molecular weight excluding hydrogens is 232 g/mol. The predicted molar refractivity (Wildman–Crippen MR) is 65.2 cm³/mol. The molecular formula is C12H12N4O2. The summed E-state index contributed by atoms with van der Waals surface area (Å²) < 4.78 is 1.64. The second kappa shape index (κ2) is 5.22. The lowest BCUT2D eigenvalue weighted by Gasteiger charge is -2.03. The number of benzene rings is 1. The Bertz CT molecular complexity index is 589. The van der Waals surface area contributed by atoms with Gasteiger partial charge in [0.2, 0.25) is 0 Å². The fraction of sp³-hybridized carbons (Fsp3) is 0.167. The molecule has 1 N–H and O–H groups in total. The van der Waals surface area contributed by atoms with Crippen molar-refractivity contribution in [2.45, 2.75) is 13.3 Å². The van der Waals surface area contributed by atoms with Crippen LogP contribution in [0.25, 0.3) is 11.8 Å². The minimum absolute atomic E-state index is 0.724. The van der Waals surface area contributed by atoms with Crippen molar-refractivity contribution in [1.29, 1.82) is 0 Å². The molecule has 0 radical (unpaired) electrons. The molecule has 18 heavy (non-hydrogen) atoms. The lowest BCUT2D eigenvalue weighted by molar-refractivity contribution is -0.131. The summed E-state index contributed by atoms with van der Waals surface area (Å²) in [4.78, 5) is 10.5. The Hall–Kier alpha value is -2.50. The van der Waals surface area contributed by atoms with Crippen LogP contribution in [0, 0.1) is 0 Å². The number of nitrogens with zero attached hydrogens (tertiary/aromatic N) is 4. The number of carbonyl (C=O) groups is 1. The van der Waals surface area contributed by atoms with Crippen molar-refractivity contribution in [1.82, 2.24) is 20.2 Å². The normalized spacial score (nSPS) is 10.9.